The van der Waals surface area contributed by atoms with Crippen LogP contribution in [-0.2, 0) is 45.2 Å². The summed E-state index contributed by atoms with van der Waals surface area (Å²) in [6.45, 7) is 3.93. The summed E-state index contributed by atoms with van der Waals surface area (Å²) in [5.41, 5.74) is 3.08. The SMILES string of the molecule is COCN(C(=O)[C@H](C(C)C)N(Cc1ccc(OC)cc1)Cc1ccc(OC)cc1)[C@@](F)(Cc1ccccc1)C(=O)OCc1ccccc1. The van der Waals surface area contributed by atoms with E-state index in [0.717, 1.165) is 16.0 Å². The molecule has 4 aromatic carbocycles. The minimum absolute atomic E-state index is 0.149. The molecule has 0 heterocycles. The van der Waals surface area contributed by atoms with E-state index in [1.54, 1.807) is 56.7 Å². The first-order valence-corrected chi connectivity index (χ1v) is 15.9. The third kappa shape index (κ3) is 9.42. The number of esters is 1. The van der Waals surface area contributed by atoms with Crippen LogP contribution in [0.4, 0.5) is 4.39 Å². The average molecular weight is 657 g/mol. The van der Waals surface area contributed by atoms with Crippen LogP contribution in [0.25, 0.3) is 0 Å². The minimum Gasteiger partial charge on any atom is -0.497 e. The Morgan fingerprint density at radius 3 is 1.60 bits per heavy atom. The summed E-state index contributed by atoms with van der Waals surface area (Å²) in [4.78, 5) is 31.6. The van der Waals surface area contributed by atoms with Crippen molar-refractivity contribution in [1.29, 1.82) is 0 Å². The molecule has 0 unspecified atom stereocenters. The Hall–Kier alpha value is -4.73. The molecule has 0 saturated carbocycles. The molecule has 4 rings (SSSR count). The van der Waals surface area contributed by atoms with Crippen LogP contribution >= 0.6 is 0 Å². The van der Waals surface area contributed by atoms with Gasteiger partial charge in [-0.3, -0.25) is 14.6 Å². The Morgan fingerprint density at radius 2 is 1.17 bits per heavy atom. The summed E-state index contributed by atoms with van der Waals surface area (Å²) in [7, 11) is 4.58. The zero-order valence-electron chi connectivity index (χ0n) is 28.3. The summed E-state index contributed by atoms with van der Waals surface area (Å²) in [5, 5.41) is 0. The van der Waals surface area contributed by atoms with Crippen molar-refractivity contribution in [3.63, 3.8) is 0 Å². The molecular weight excluding hydrogens is 611 g/mol. The van der Waals surface area contributed by atoms with Gasteiger partial charge >= 0.3 is 5.97 Å². The van der Waals surface area contributed by atoms with E-state index in [9.17, 15) is 9.59 Å². The lowest BCUT2D eigenvalue weighted by Gasteiger charge is -2.41. The van der Waals surface area contributed by atoms with Gasteiger partial charge < -0.3 is 18.9 Å². The van der Waals surface area contributed by atoms with Gasteiger partial charge in [0.15, 0.2) is 0 Å². The number of alkyl halides is 1. The van der Waals surface area contributed by atoms with E-state index in [2.05, 4.69) is 0 Å². The van der Waals surface area contributed by atoms with Crippen LogP contribution in [0.3, 0.4) is 0 Å². The molecule has 0 radical (unpaired) electrons. The third-order valence-electron chi connectivity index (χ3n) is 8.13. The maximum atomic E-state index is 17.7. The van der Waals surface area contributed by atoms with E-state index < -0.39 is 36.9 Å². The minimum atomic E-state index is -2.87. The second-order valence-electron chi connectivity index (χ2n) is 12.0. The van der Waals surface area contributed by atoms with Crippen molar-refractivity contribution in [2.75, 3.05) is 28.1 Å². The first-order chi connectivity index (χ1) is 23.2. The molecule has 0 N–H and O–H groups in total. The topological polar surface area (TPSA) is 77.5 Å². The maximum absolute atomic E-state index is 17.7. The van der Waals surface area contributed by atoms with E-state index >= 15 is 4.39 Å². The zero-order valence-corrected chi connectivity index (χ0v) is 28.3. The molecule has 0 saturated heterocycles. The smallest absolute Gasteiger partial charge is 0.366 e. The molecule has 48 heavy (non-hydrogen) atoms. The molecule has 8 nitrogen and oxygen atoms in total. The first kappa shape index (κ1) is 36.1. The number of hydrogen-bond donors (Lipinski definition) is 0. The second-order valence-corrected chi connectivity index (χ2v) is 12.0. The van der Waals surface area contributed by atoms with E-state index in [1.807, 2.05) is 85.5 Å². The summed E-state index contributed by atoms with van der Waals surface area (Å²) in [6, 6.07) is 32.1. The van der Waals surface area contributed by atoms with Crippen molar-refractivity contribution in [3.8, 4) is 11.5 Å². The first-order valence-electron chi connectivity index (χ1n) is 15.9. The van der Waals surface area contributed by atoms with E-state index in [-0.39, 0.29) is 12.5 Å². The number of halogens is 1. The Morgan fingerprint density at radius 1 is 0.688 bits per heavy atom. The van der Waals surface area contributed by atoms with Gasteiger partial charge in [0, 0.05) is 26.6 Å². The van der Waals surface area contributed by atoms with Crippen molar-refractivity contribution >= 4 is 11.9 Å². The second kappa shape index (κ2) is 17.4. The van der Waals surface area contributed by atoms with E-state index in [1.165, 1.54) is 7.11 Å². The van der Waals surface area contributed by atoms with Crippen LogP contribution in [0.5, 0.6) is 11.5 Å². The van der Waals surface area contributed by atoms with Crippen LogP contribution in [0.2, 0.25) is 0 Å². The highest BCUT2D eigenvalue weighted by Gasteiger charge is 2.51. The van der Waals surface area contributed by atoms with Gasteiger partial charge in [-0.15, -0.1) is 0 Å². The van der Waals surface area contributed by atoms with Crippen LogP contribution < -0.4 is 9.47 Å². The summed E-state index contributed by atoms with van der Waals surface area (Å²) >= 11 is 0. The van der Waals surface area contributed by atoms with Gasteiger partial charge in [0.25, 0.3) is 5.79 Å². The van der Waals surface area contributed by atoms with Gasteiger partial charge in [-0.25, -0.2) is 9.18 Å². The quantitative estimate of drug-likeness (QED) is 0.0702. The summed E-state index contributed by atoms with van der Waals surface area (Å²) in [6.07, 6.45) is -0.418. The predicted molar refractivity (Wildman–Crippen MR) is 183 cm³/mol. The molecule has 0 aliphatic carbocycles. The van der Waals surface area contributed by atoms with Gasteiger partial charge in [-0.05, 0) is 52.4 Å². The molecule has 0 fully saturated rings. The van der Waals surface area contributed by atoms with Gasteiger partial charge in [0.05, 0.1) is 20.3 Å². The molecule has 0 aliphatic heterocycles. The highest BCUT2D eigenvalue weighted by Crippen LogP contribution is 2.30. The van der Waals surface area contributed by atoms with Crippen molar-refractivity contribution in [3.05, 3.63) is 131 Å². The fourth-order valence-corrected chi connectivity index (χ4v) is 5.65. The van der Waals surface area contributed by atoms with Gasteiger partial charge in [-0.2, -0.15) is 0 Å². The molecule has 254 valence electrons. The van der Waals surface area contributed by atoms with Crippen LogP contribution in [0, 0.1) is 5.92 Å². The van der Waals surface area contributed by atoms with E-state index in [0.29, 0.717) is 35.7 Å². The van der Waals surface area contributed by atoms with Crippen molar-refractivity contribution in [2.45, 2.75) is 51.8 Å². The lowest BCUT2D eigenvalue weighted by molar-refractivity contribution is -0.191. The molecule has 4 aromatic rings. The van der Waals surface area contributed by atoms with Crippen LogP contribution in [-0.4, -0.2) is 61.6 Å². The predicted octanol–water partition coefficient (Wildman–Crippen LogP) is 6.82. The van der Waals surface area contributed by atoms with Gasteiger partial charge in [0.1, 0.15) is 24.8 Å². The number of hydrogen-bond acceptors (Lipinski definition) is 7. The highest BCUT2D eigenvalue weighted by atomic mass is 19.1. The molecule has 0 spiro atoms. The highest BCUT2D eigenvalue weighted by molar-refractivity contribution is 5.89. The summed E-state index contributed by atoms with van der Waals surface area (Å²) in [5.74, 6) is -3.50. The van der Waals surface area contributed by atoms with Crippen molar-refractivity contribution in [2.24, 2.45) is 5.92 Å². The number of nitrogens with zero attached hydrogens (tertiary/aromatic N) is 2. The Bertz CT molecular complexity index is 1520. The number of rotatable bonds is 17. The Balaban J connectivity index is 1.74. The third-order valence-corrected chi connectivity index (χ3v) is 8.13. The van der Waals surface area contributed by atoms with Crippen LogP contribution in [0.15, 0.2) is 109 Å². The monoisotopic (exact) mass is 656 g/mol. The number of methoxy groups -OCH3 is 3. The molecule has 9 heteroatoms. The number of ether oxygens (including phenoxy) is 4. The average Bonchev–Trinajstić information content (AvgIpc) is 3.10. The normalized spacial score (nSPS) is 13.1. The summed E-state index contributed by atoms with van der Waals surface area (Å²) < 4.78 is 39.4. The van der Waals surface area contributed by atoms with Crippen molar-refractivity contribution < 1.29 is 32.9 Å². The molecule has 1 amide bonds. The molecule has 2 atom stereocenters. The molecule has 0 aromatic heterocycles. The maximum Gasteiger partial charge on any atom is 0.366 e. The standard InChI is InChI=1S/C39H45FN2O6/c1-29(2)36(41(25-31-16-20-34(46-4)21-17-31)26-32-18-22-35(47-5)23-19-32)37(43)42(28-45-3)39(40,24-30-12-8-6-9-13-30)38(44)48-27-33-14-10-7-11-15-33/h6-23,29,36H,24-28H2,1-5H3/t36-,39-/m0/s1. The van der Waals surface area contributed by atoms with Gasteiger partial charge in [-0.1, -0.05) is 98.8 Å². The van der Waals surface area contributed by atoms with E-state index in [4.69, 9.17) is 18.9 Å². The number of carbonyl (C=O) groups is 2. The number of carbonyl (C=O) groups excluding carboxylic acids is 2. The fraction of sp³-hybridized carbons (Fsp3) is 0.333. The molecule has 0 bridgehead atoms. The Kier molecular flexibility index (Phi) is 13.1. The van der Waals surface area contributed by atoms with Crippen molar-refractivity contribution in [1.82, 2.24) is 9.80 Å². The number of amides is 1. The van der Waals surface area contributed by atoms with Gasteiger partial charge in [0.2, 0.25) is 5.91 Å². The lowest BCUT2D eigenvalue weighted by atomic mass is 9.96. The fourth-order valence-electron chi connectivity index (χ4n) is 5.65. The number of benzene rings is 4. The molecule has 0 aliphatic rings. The molecular formula is C39H45FN2O6. The zero-order chi connectivity index (χ0) is 34.5. The van der Waals surface area contributed by atoms with Crippen LogP contribution in [0.1, 0.15) is 36.1 Å². The Labute approximate surface area is 283 Å². The lowest BCUT2D eigenvalue weighted by Crippen LogP contribution is -2.62. The largest absolute Gasteiger partial charge is 0.497 e.